The monoisotopic (exact) mass is 311 g/mol. The molecule has 114 valence electrons. The van der Waals surface area contributed by atoms with Crippen molar-refractivity contribution in [3.8, 4) is 0 Å². The van der Waals surface area contributed by atoms with E-state index < -0.39 is 0 Å². The van der Waals surface area contributed by atoms with Gasteiger partial charge in [0.1, 0.15) is 5.82 Å². The van der Waals surface area contributed by atoms with Crippen molar-refractivity contribution in [2.45, 2.75) is 13.0 Å². The molecule has 2 aromatic rings. The Morgan fingerprint density at radius 3 is 3.05 bits per heavy atom. The number of halogens is 1. The molecule has 0 saturated heterocycles. The van der Waals surface area contributed by atoms with E-state index in [4.69, 9.17) is 21.4 Å². The number of fused-ring (bicyclic) bond motifs is 1. The van der Waals surface area contributed by atoms with Crippen LogP contribution in [0.1, 0.15) is 12.2 Å². The van der Waals surface area contributed by atoms with E-state index in [-0.39, 0.29) is 12.2 Å². The van der Waals surface area contributed by atoms with Gasteiger partial charge in [0.2, 0.25) is 0 Å². The summed E-state index contributed by atoms with van der Waals surface area (Å²) < 4.78 is 5.15. The van der Waals surface area contributed by atoms with Gasteiger partial charge >= 0.3 is 0 Å². The van der Waals surface area contributed by atoms with Gasteiger partial charge in [0, 0.05) is 11.6 Å². The number of H-pyrrole nitrogens is 1. The maximum Gasteiger partial charge on any atom is 0.258 e. The number of aromatic nitrogens is 2. The molecule has 0 aliphatic carbocycles. The number of nitrogens with zero attached hydrogens (tertiary/aromatic N) is 1. The summed E-state index contributed by atoms with van der Waals surface area (Å²) in [4.78, 5) is 19.0. The highest BCUT2D eigenvalue weighted by molar-refractivity contribution is 6.31. The van der Waals surface area contributed by atoms with Gasteiger partial charge in [-0.05, 0) is 31.2 Å². The van der Waals surface area contributed by atoms with Crippen LogP contribution in [0.2, 0.25) is 5.02 Å². The average Bonchev–Trinajstić information content (AvgIpc) is 2.46. The molecule has 0 aliphatic rings. The third kappa shape index (κ3) is 4.78. The molecule has 21 heavy (non-hydrogen) atoms. The average molecular weight is 312 g/mol. The summed E-state index contributed by atoms with van der Waals surface area (Å²) in [6, 6.07) is 5.02. The Morgan fingerprint density at radius 1 is 1.38 bits per heavy atom. The van der Waals surface area contributed by atoms with Crippen LogP contribution in [0.5, 0.6) is 0 Å². The molecule has 0 unspecified atom stereocenters. The van der Waals surface area contributed by atoms with Crippen LogP contribution in [0.3, 0.4) is 0 Å². The molecule has 1 aromatic carbocycles. The van der Waals surface area contributed by atoms with Gasteiger partial charge in [-0.15, -0.1) is 0 Å². The van der Waals surface area contributed by atoms with Crippen molar-refractivity contribution >= 4 is 22.5 Å². The lowest BCUT2D eigenvalue weighted by atomic mass is 10.2. The van der Waals surface area contributed by atoms with E-state index in [1.165, 1.54) is 0 Å². The second-order valence-electron chi connectivity index (χ2n) is 4.54. The fourth-order valence-corrected chi connectivity index (χ4v) is 2.08. The Balaban J connectivity index is 1.89. The minimum atomic E-state index is -0.167. The topological polar surface area (TPSA) is 87.2 Å². The van der Waals surface area contributed by atoms with Crippen LogP contribution in [-0.4, -0.2) is 41.4 Å². The minimum Gasteiger partial charge on any atom is -0.394 e. The van der Waals surface area contributed by atoms with Crippen molar-refractivity contribution in [3.63, 3.8) is 0 Å². The Kier molecular flexibility index (Phi) is 6.13. The van der Waals surface area contributed by atoms with Gasteiger partial charge in [-0.3, -0.25) is 4.79 Å². The van der Waals surface area contributed by atoms with E-state index in [1.807, 2.05) is 0 Å². The van der Waals surface area contributed by atoms with Crippen LogP contribution in [0.25, 0.3) is 10.9 Å². The summed E-state index contributed by atoms with van der Waals surface area (Å²) in [7, 11) is 0. The number of rotatable bonds is 8. The number of aliphatic hydroxyl groups excluding tert-OH is 1. The van der Waals surface area contributed by atoms with Crippen LogP contribution in [0, 0.1) is 0 Å². The highest BCUT2D eigenvalue weighted by Gasteiger charge is 2.04. The fourth-order valence-electron chi connectivity index (χ4n) is 1.92. The number of hydrogen-bond acceptors (Lipinski definition) is 5. The second-order valence-corrected chi connectivity index (χ2v) is 4.98. The van der Waals surface area contributed by atoms with Gasteiger partial charge in [0.25, 0.3) is 5.56 Å². The standard InChI is InChI=1S/C14H18ClN3O3/c15-10-2-3-11-12(8-10)17-13(18-14(11)20)9-16-4-1-6-21-7-5-19/h2-3,8,16,19H,1,4-7,9H2,(H,17,18,20). The van der Waals surface area contributed by atoms with Crippen molar-refractivity contribution in [1.82, 2.24) is 15.3 Å². The summed E-state index contributed by atoms with van der Waals surface area (Å²) in [5.74, 6) is 0.575. The van der Waals surface area contributed by atoms with Crippen molar-refractivity contribution in [1.29, 1.82) is 0 Å². The molecule has 2 rings (SSSR count). The molecule has 1 heterocycles. The number of ether oxygens (including phenoxy) is 1. The highest BCUT2D eigenvalue weighted by Crippen LogP contribution is 2.14. The first-order chi connectivity index (χ1) is 10.2. The quantitative estimate of drug-likeness (QED) is 0.635. The summed E-state index contributed by atoms with van der Waals surface area (Å²) in [6.07, 6.45) is 0.823. The van der Waals surface area contributed by atoms with Crippen molar-refractivity contribution in [2.24, 2.45) is 0 Å². The van der Waals surface area contributed by atoms with E-state index in [1.54, 1.807) is 18.2 Å². The molecule has 7 heteroatoms. The molecule has 6 nitrogen and oxygen atoms in total. The van der Waals surface area contributed by atoms with Gasteiger partial charge in [0.15, 0.2) is 0 Å². The molecule has 0 fully saturated rings. The Bertz CT molecular complexity index is 645. The van der Waals surface area contributed by atoms with E-state index in [2.05, 4.69) is 15.3 Å². The first-order valence-corrected chi connectivity index (χ1v) is 7.16. The number of aliphatic hydroxyl groups is 1. The largest absolute Gasteiger partial charge is 0.394 e. The van der Waals surface area contributed by atoms with E-state index in [0.717, 1.165) is 13.0 Å². The zero-order valence-corrected chi connectivity index (χ0v) is 12.3. The summed E-state index contributed by atoms with van der Waals surface area (Å²) in [6.45, 7) is 2.20. The number of aromatic amines is 1. The number of nitrogens with one attached hydrogen (secondary N) is 2. The van der Waals surface area contributed by atoms with Crippen molar-refractivity contribution in [3.05, 3.63) is 39.4 Å². The Labute approximate surface area is 127 Å². The van der Waals surface area contributed by atoms with Gasteiger partial charge in [-0.25, -0.2) is 4.98 Å². The summed E-state index contributed by atoms with van der Waals surface area (Å²) in [5.41, 5.74) is 0.425. The molecule has 0 radical (unpaired) electrons. The fraction of sp³-hybridized carbons (Fsp3) is 0.429. The van der Waals surface area contributed by atoms with Crippen LogP contribution < -0.4 is 10.9 Å². The van der Waals surface area contributed by atoms with E-state index >= 15 is 0 Å². The molecule has 0 atom stereocenters. The van der Waals surface area contributed by atoms with Gasteiger partial charge < -0.3 is 20.1 Å². The summed E-state index contributed by atoms with van der Waals surface area (Å²) >= 11 is 5.91. The Morgan fingerprint density at radius 2 is 2.24 bits per heavy atom. The lowest BCUT2D eigenvalue weighted by molar-refractivity contribution is 0.0907. The normalized spacial score (nSPS) is 11.1. The van der Waals surface area contributed by atoms with E-state index in [0.29, 0.717) is 41.5 Å². The van der Waals surface area contributed by atoms with Crippen LogP contribution in [0.15, 0.2) is 23.0 Å². The summed E-state index contributed by atoms with van der Waals surface area (Å²) in [5, 5.41) is 12.8. The molecular formula is C14H18ClN3O3. The smallest absolute Gasteiger partial charge is 0.258 e. The molecule has 3 N–H and O–H groups in total. The minimum absolute atomic E-state index is 0.0399. The SMILES string of the molecule is O=c1[nH]c(CNCCCOCCO)nc2cc(Cl)ccc12. The molecule has 0 spiro atoms. The van der Waals surface area contributed by atoms with Crippen LogP contribution >= 0.6 is 11.6 Å². The number of benzene rings is 1. The Hall–Kier alpha value is -1.47. The first-order valence-electron chi connectivity index (χ1n) is 6.78. The highest BCUT2D eigenvalue weighted by atomic mass is 35.5. The molecule has 0 saturated carbocycles. The lowest BCUT2D eigenvalue weighted by Gasteiger charge is -2.06. The van der Waals surface area contributed by atoms with Gasteiger partial charge in [-0.1, -0.05) is 11.6 Å². The van der Waals surface area contributed by atoms with Crippen LogP contribution in [-0.2, 0) is 11.3 Å². The molecular weight excluding hydrogens is 294 g/mol. The second kappa shape index (κ2) is 8.09. The van der Waals surface area contributed by atoms with Gasteiger partial charge in [0.05, 0.1) is 30.7 Å². The van der Waals surface area contributed by atoms with Crippen molar-refractivity contribution in [2.75, 3.05) is 26.4 Å². The molecule has 0 bridgehead atoms. The van der Waals surface area contributed by atoms with Gasteiger partial charge in [-0.2, -0.15) is 0 Å². The zero-order valence-electron chi connectivity index (χ0n) is 11.6. The third-order valence-electron chi connectivity index (χ3n) is 2.89. The predicted molar refractivity (Wildman–Crippen MR) is 81.6 cm³/mol. The first kappa shape index (κ1) is 15.9. The molecule has 0 amide bonds. The van der Waals surface area contributed by atoms with Crippen LogP contribution in [0.4, 0.5) is 0 Å². The maximum atomic E-state index is 11.9. The number of hydrogen-bond donors (Lipinski definition) is 3. The molecule has 1 aromatic heterocycles. The zero-order chi connectivity index (χ0) is 15.1. The lowest BCUT2D eigenvalue weighted by Crippen LogP contribution is -2.21. The van der Waals surface area contributed by atoms with E-state index in [9.17, 15) is 4.79 Å². The van der Waals surface area contributed by atoms with Crippen molar-refractivity contribution < 1.29 is 9.84 Å². The third-order valence-corrected chi connectivity index (χ3v) is 3.12. The maximum absolute atomic E-state index is 11.9. The predicted octanol–water partition coefficient (Wildman–Crippen LogP) is 1.07. The molecule has 0 aliphatic heterocycles.